The van der Waals surface area contributed by atoms with Gasteiger partial charge in [0.05, 0.1) is 15.6 Å². The van der Waals surface area contributed by atoms with Crippen molar-refractivity contribution in [2.24, 2.45) is 5.10 Å². The fraction of sp³-hybridized carbons (Fsp3) is 0.222. The van der Waals surface area contributed by atoms with Crippen LogP contribution in [0.2, 0.25) is 0 Å². The van der Waals surface area contributed by atoms with Crippen LogP contribution in [0.5, 0.6) is 5.75 Å². The van der Waals surface area contributed by atoms with E-state index in [0.29, 0.717) is 11.1 Å². The zero-order valence-corrected chi connectivity index (χ0v) is 15.8. The fourth-order valence-corrected chi connectivity index (χ4v) is 3.32. The molecular formula is C18H17BrN4O4. The van der Waals surface area contributed by atoms with Crippen LogP contribution < -0.4 is 10.3 Å². The van der Waals surface area contributed by atoms with Gasteiger partial charge in [-0.2, -0.15) is 5.10 Å². The van der Waals surface area contributed by atoms with Crippen LogP contribution in [-0.4, -0.2) is 35.2 Å². The Labute approximate surface area is 163 Å². The molecule has 2 aromatic rings. The third-order valence-corrected chi connectivity index (χ3v) is 4.85. The molecule has 140 valence electrons. The molecule has 2 N–H and O–H groups in total. The Morgan fingerprint density at radius 3 is 2.56 bits per heavy atom. The minimum Gasteiger partial charge on any atom is -0.501 e. The first-order valence-electron chi connectivity index (χ1n) is 8.31. The first kappa shape index (κ1) is 18.8. The van der Waals surface area contributed by atoms with Gasteiger partial charge in [0.25, 0.3) is 5.91 Å². The summed E-state index contributed by atoms with van der Waals surface area (Å²) in [6.45, 7) is 2.06. The lowest BCUT2D eigenvalue weighted by atomic mass is 10.2. The van der Waals surface area contributed by atoms with Crippen molar-refractivity contribution in [1.29, 1.82) is 0 Å². The molecule has 0 spiro atoms. The number of phenols is 1. The van der Waals surface area contributed by atoms with Crippen LogP contribution in [0.3, 0.4) is 0 Å². The maximum absolute atomic E-state index is 12.2. The zero-order valence-electron chi connectivity index (χ0n) is 14.3. The van der Waals surface area contributed by atoms with Gasteiger partial charge in [0.15, 0.2) is 0 Å². The molecule has 0 unspecified atom stereocenters. The zero-order chi connectivity index (χ0) is 19.4. The van der Waals surface area contributed by atoms with Crippen molar-refractivity contribution in [3.8, 4) is 5.75 Å². The molecule has 3 rings (SSSR count). The SMILES string of the molecule is O=C(N/N=C\c1cc(Br)c(O)c([N+](=O)[O-])c1)c1ccc(N2CCCC2)cc1. The van der Waals surface area contributed by atoms with E-state index in [4.69, 9.17) is 0 Å². The number of nitrogens with one attached hydrogen (secondary N) is 1. The summed E-state index contributed by atoms with van der Waals surface area (Å²) in [6, 6.07) is 9.92. The average Bonchev–Trinajstić information content (AvgIpc) is 3.19. The van der Waals surface area contributed by atoms with Gasteiger partial charge in [-0.05, 0) is 59.1 Å². The number of nitrogens with zero attached hydrogens (tertiary/aromatic N) is 3. The van der Waals surface area contributed by atoms with Gasteiger partial charge in [0, 0.05) is 36.0 Å². The Kier molecular flexibility index (Phi) is 5.70. The molecule has 1 saturated heterocycles. The molecule has 0 radical (unpaired) electrons. The van der Waals surface area contributed by atoms with Crippen molar-refractivity contribution in [1.82, 2.24) is 5.43 Å². The molecule has 0 bridgehead atoms. The summed E-state index contributed by atoms with van der Waals surface area (Å²) in [5.74, 6) is -0.842. The highest BCUT2D eigenvalue weighted by molar-refractivity contribution is 9.10. The number of aromatic hydroxyl groups is 1. The normalized spacial score (nSPS) is 13.9. The Morgan fingerprint density at radius 1 is 1.26 bits per heavy atom. The minimum absolute atomic E-state index is 0.168. The third kappa shape index (κ3) is 4.43. The van der Waals surface area contributed by atoms with Gasteiger partial charge in [-0.25, -0.2) is 5.43 Å². The van der Waals surface area contributed by atoms with E-state index in [9.17, 15) is 20.0 Å². The lowest BCUT2D eigenvalue weighted by Crippen LogP contribution is -2.19. The van der Waals surface area contributed by atoms with Gasteiger partial charge >= 0.3 is 5.69 Å². The van der Waals surface area contributed by atoms with Crippen LogP contribution in [-0.2, 0) is 0 Å². The summed E-state index contributed by atoms with van der Waals surface area (Å²) < 4.78 is 0.168. The first-order valence-corrected chi connectivity index (χ1v) is 9.10. The van der Waals surface area contributed by atoms with Gasteiger partial charge in [-0.15, -0.1) is 0 Å². The number of benzene rings is 2. The minimum atomic E-state index is -0.696. The Balaban J connectivity index is 1.65. The molecule has 1 heterocycles. The van der Waals surface area contributed by atoms with Crippen LogP contribution in [0.15, 0.2) is 46.0 Å². The van der Waals surface area contributed by atoms with Gasteiger partial charge in [0.2, 0.25) is 5.75 Å². The molecule has 0 saturated carbocycles. The second kappa shape index (κ2) is 8.17. The van der Waals surface area contributed by atoms with E-state index in [-0.39, 0.29) is 10.4 Å². The van der Waals surface area contributed by atoms with Gasteiger partial charge in [-0.3, -0.25) is 14.9 Å². The highest BCUT2D eigenvalue weighted by Crippen LogP contribution is 2.34. The second-order valence-electron chi connectivity index (χ2n) is 6.07. The lowest BCUT2D eigenvalue weighted by molar-refractivity contribution is -0.386. The number of nitro groups is 1. The molecular weight excluding hydrogens is 416 g/mol. The largest absolute Gasteiger partial charge is 0.501 e. The monoisotopic (exact) mass is 432 g/mol. The number of hydrogen-bond acceptors (Lipinski definition) is 6. The summed E-state index contributed by atoms with van der Waals surface area (Å²) in [7, 11) is 0. The highest BCUT2D eigenvalue weighted by Gasteiger charge is 2.17. The second-order valence-corrected chi connectivity index (χ2v) is 6.92. The van der Waals surface area contributed by atoms with Gasteiger partial charge in [0.1, 0.15) is 0 Å². The average molecular weight is 433 g/mol. The van der Waals surface area contributed by atoms with E-state index in [2.05, 4.69) is 31.4 Å². The van der Waals surface area contributed by atoms with Gasteiger partial charge < -0.3 is 10.0 Å². The molecule has 2 aromatic carbocycles. The van der Waals surface area contributed by atoms with E-state index < -0.39 is 16.4 Å². The number of halogens is 1. The quantitative estimate of drug-likeness (QED) is 0.427. The van der Waals surface area contributed by atoms with E-state index in [1.807, 2.05) is 12.1 Å². The molecule has 0 aliphatic carbocycles. The number of anilines is 1. The Bertz CT molecular complexity index is 893. The molecule has 0 atom stereocenters. The smallest absolute Gasteiger partial charge is 0.312 e. The van der Waals surface area contributed by atoms with E-state index in [1.54, 1.807) is 12.1 Å². The highest BCUT2D eigenvalue weighted by atomic mass is 79.9. The van der Waals surface area contributed by atoms with Crippen LogP contribution in [0.25, 0.3) is 0 Å². The maximum Gasteiger partial charge on any atom is 0.312 e. The molecule has 0 aromatic heterocycles. The molecule has 1 aliphatic heterocycles. The Morgan fingerprint density at radius 2 is 1.93 bits per heavy atom. The summed E-state index contributed by atoms with van der Waals surface area (Å²) >= 11 is 3.05. The van der Waals surface area contributed by atoms with Crippen molar-refractivity contribution in [2.45, 2.75) is 12.8 Å². The number of amides is 1. The third-order valence-electron chi connectivity index (χ3n) is 4.24. The van der Waals surface area contributed by atoms with Crippen molar-refractivity contribution in [3.63, 3.8) is 0 Å². The number of nitro benzene ring substituents is 1. The molecule has 27 heavy (non-hydrogen) atoms. The summed E-state index contributed by atoms with van der Waals surface area (Å²) in [6.07, 6.45) is 3.64. The number of carbonyl (C=O) groups excluding carboxylic acids is 1. The summed E-state index contributed by atoms with van der Waals surface area (Å²) in [5.41, 5.74) is 3.85. The number of phenolic OH excluding ortho intramolecular Hbond substituents is 1. The van der Waals surface area contributed by atoms with Crippen molar-refractivity contribution in [2.75, 3.05) is 18.0 Å². The Hall–Kier alpha value is -2.94. The van der Waals surface area contributed by atoms with Crippen molar-refractivity contribution >= 4 is 39.4 Å². The van der Waals surface area contributed by atoms with E-state index in [1.165, 1.54) is 31.2 Å². The molecule has 8 nitrogen and oxygen atoms in total. The first-order chi connectivity index (χ1) is 13.0. The predicted octanol–water partition coefficient (Wildman–Crippen LogP) is 3.43. The number of carbonyl (C=O) groups is 1. The van der Waals surface area contributed by atoms with Crippen molar-refractivity contribution < 1.29 is 14.8 Å². The van der Waals surface area contributed by atoms with E-state index >= 15 is 0 Å². The summed E-state index contributed by atoms with van der Waals surface area (Å²) in [5, 5.41) is 24.4. The van der Waals surface area contributed by atoms with Gasteiger partial charge in [-0.1, -0.05) is 0 Å². The van der Waals surface area contributed by atoms with Crippen LogP contribution in [0, 0.1) is 10.1 Å². The molecule has 9 heteroatoms. The van der Waals surface area contributed by atoms with E-state index in [0.717, 1.165) is 18.8 Å². The topological polar surface area (TPSA) is 108 Å². The van der Waals surface area contributed by atoms with Crippen molar-refractivity contribution in [3.05, 3.63) is 62.1 Å². The number of rotatable bonds is 5. The number of hydrazone groups is 1. The molecule has 1 aliphatic rings. The van der Waals surface area contributed by atoms with Crippen LogP contribution >= 0.6 is 15.9 Å². The maximum atomic E-state index is 12.2. The molecule has 1 amide bonds. The fourth-order valence-electron chi connectivity index (χ4n) is 2.85. The predicted molar refractivity (Wildman–Crippen MR) is 105 cm³/mol. The molecule has 1 fully saturated rings. The number of hydrogen-bond donors (Lipinski definition) is 2. The standard InChI is InChI=1S/C18H17BrN4O4/c19-15-9-12(10-16(17(15)24)23(26)27)11-20-21-18(25)13-3-5-14(6-4-13)22-7-1-2-8-22/h3-6,9-11,24H,1-2,7-8H2,(H,21,25)/b20-11-. The lowest BCUT2D eigenvalue weighted by Gasteiger charge is -2.17. The summed E-state index contributed by atoms with van der Waals surface area (Å²) in [4.78, 5) is 24.7. The van der Waals surface area contributed by atoms with Crippen LogP contribution in [0.1, 0.15) is 28.8 Å². The van der Waals surface area contributed by atoms with Crippen LogP contribution in [0.4, 0.5) is 11.4 Å².